The Morgan fingerprint density at radius 3 is 2.62 bits per heavy atom. The van der Waals surface area contributed by atoms with Gasteiger partial charge in [-0.2, -0.15) is 4.31 Å². The van der Waals surface area contributed by atoms with E-state index in [0.29, 0.717) is 10.7 Å². The van der Waals surface area contributed by atoms with Gasteiger partial charge in [-0.3, -0.25) is 4.79 Å². The Labute approximate surface area is 130 Å². The predicted molar refractivity (Wildman–Crippen MR) is 83.1 cm³/mol. The number of aryl methyl sites for hydroxylation is 1. The van der Waals surface area contributed by atoms with E-state index in [1.54, 1.807) is 18.2 Å². The van der Waals surface area contributed by atoms with Crippen molar-refractivity contribution in [2.24, 2.45) is 0 Å². The molecule has 21 heavy (non-hydrogen) atoms. The van der Waals surface area contributed by atoms with E-state index in [4.69, 9.17) is 16.3 Å². The number of anilines is 1. The van der Waals surface area contributed by atoms with Gasteiger partial charge in [-0.05, 0) is 24.6 Å². The van der Waals surface area contributed by atoms with E-state index in [0.717, 1.165) is 16.1 Å². The summed E-state index contributed by atoms with van der Waals surface area (Å²) in [7, 11) is -2.01. The van der Waals surface area contributed by atoms with Crippen LogP contribution in [-0.2, 0) is 19.6 Å². The van der Waals surface area contributed by atoms with Gasteiger partial charge in [0, 0.05) is 24.4 Å². The topological polar surface area (TPSA) is 75.7 Å². The third-order valence-electron chi connectivity index (χ3n) is 2.79. The molecule has 0 aliphatic rings. The van der Waals surface area contributed by atoms with Crippen molar-refractivity contribution < 1.29 is 17.9 Å². The molecule has 8 heteroatoms. The first-order chi connectivity index (χ1) is 9.74. The molecular formula is C13H19ClN2O4S. The van der Waals surface area contributed by atoms with Crippen LogP contribution < -0.4 is 5.32 Å². The number of sulfonamides is 1. The highest BCUT2D eigenvalue weighted by Gasteiger charge is 2.19. The van der Waals surface area contributed by atoms with E-state index < -0.39 is 15.9 Å². The van der Waals surface area contributed by atoms with Crippen LogP contribution in [0.4, 0.5) is 5.69 Å². The molecule has 0 unspecified atom stereocenters. The van der Waals surface area contributed by atoms with Gasteiger partial charge in [0.1, 0.15) is 0 Å². The second-order valence-electron chi connectivity index (χ2n) is 4.60. The molecular weight excluding hydrogens is 316 g/mol. The largest absolute Gasteiger partial charge is 0.383 e. The standard InChI is InChI=1S/C13H19ClN2O4S/c1-10-4-5-11(8-12(10)14)15-13(17)9-16(6-7-20-2)21(3,18)19/h4-5,8H,6-7,9H2,1-3H3,(H,15,17). The SMILES string of the molecule is COCCN(CC(=O)Nc1ccc(C)c(Cl)c1)S(C)(=O)=O. The third kappa shape index (κ3) is 6.01. The second kappa shape index (κ2) is 7.74. The number of hydrogen-bond donors (Lipinski definition) is 1. The number of rotatable bonds is 7. The highest BCUT2D eigenvalue weighted by Crippen LogP contribution is 2.19. The van der Waals surface area contributed by atoms with Crippen LogP contribution in [-0.4, -0.2) is 51.7 Å². The van der Waals surface area contributed by atoms with Crippen LogP contribution >= 0.6 is 11.6 Å². The van der Waals surface area contributed by atoms with E-state index in [1.807, 2.05) is 6.92 Å². The Morgan fingerprint density at radius 1 is 1.43 bits per heavy atom. The van der Waals surface area contributed by atoms with Gasteiger partial charge in [0.25, 0.3) is 0 Å². The molecule has 118 valence electrons. The van der Waals surface area contributed by atoms with Gasteiger partial charge in [0.15, 0.2) is 0 Å². The lowest BCUT2D eigenvalue weighted by Crippen LogP contribution is -2.39. The summed E-state index contributed by atoms with van der Waals surface area (Å²) < 4.78 is 29.1. The Kier molecular flexibility index (Phi) is 6.60. The summed E-state index contributed by atoms with van der Waals surface area (Å²) >= 11 is 5.97. The van der Waals surface area contributed by atoms with Gasteiger partial charge in [0.05, 0.1) is 19.4 Å². The number of amides is 1. The van der Waals surface area contributed by atoms with E-state index >= 15 is 0 Å². The molecule has 0 radical (unpaired) electrons. The highest BCUT2D eigenvalue weighted by molar-refractivity contribution is 7.88. The van der Waals surface area contributed by atoms with Gasteiger partial charge >= 0.3 is 0 Å². The molecule has 1 aromatic rings. The molecule has 0 heterocycles. The van der Waals surface area contributed by atoms with Gasteiger partial charge < -0.3 is 10.1 Å². The fraction of sp³-hybridized carbons (Fsp3) is 0.462. The molecule has 1 rings (SSSR count). The second-order valence-corrected chi connectivity index (χ2v) is 6.99. The van der Waals surface area contributed by atoms with Crippen molar-refractivity contribution in [3.63, 3.8) is 0 Å². The summed E-state index contributed by atoms with van der Waals surface area (Å²) in [4.78, 5) is 11.9. The zero-order valence-corrected chi connectivity index (χ0v) is 13.8. The van der Waals surface area contributed by atoms with Crippen molar-refractivity contribution in [1.29, 1.82) is 0 Å². The van der Waals surface area contributed by atoms with Crippen molar-refractivity contribution in [3.8, 4) is 0 Å². The molecule has 0 aliphatic carbocycles. The van der Waals surface area contributed by atoms with Crippen LogP contribution in [0, 0.1) is 6.92 Å². The van der Waals surface area contributed by atoms with E-state index in [9.17, 15) is 13.2 Å². The van der Waals surface area contributed by atoms with E-state index in [1.165, 1.54) is 7.11 Å². The zero-order chi connectivity index (χ0) is 16.0. The van der Waals surface area contributed by atoms with Crippen LogP contribution in [0.3, 0.4) is 0 Å². The molecule has 0 saturated heterocycles. The summed E-state index contributed by atoms with van der Waals surface area (Å²) in [6.07, 6.45) is 1.05. The fourth-order valence-electron chi connectivity index (χ4n) is 1.59. The van der Waals surface area contributed by atoms with Crippen molar-refractivity contribution in [2.75, 3.05) is 38.4 Å². The van der Waals surface area contributed by atoms with Gasteiger partial charge in [-0.1, -0.05) is 17.7 Å². The normalized spacial score (nSPS) is 11.7. The summed E-state index contributed by atoms with van der Waals surface area (Å²) in [5.74, 6) is -0.434. The lowest BCUT2D eigenvalue weighted by Gasteiger charge is -2.19. The molecule has 0 saturated carbocycles. The van der Waals surface area contributed by atoms with Crippen molar-refractivity contribution >= 4 is 33.2 Å². The maximum absolute atomic E-state index is 11.9. The zero-order valence-electron chi connectivity index (χ0n) is 12.2. The number of carbonyl (C=O) groups is 1. The predicted octanol–water partition coefficient (Wildman–Crippen LogP) is 1.49. The summed E-state index contributed by atoms with van der Waals surface area (Å²) in [5, 5.41) is 3.15. The Hall–Kier alpha value is -1.15. The smallest absolute Gasteiger partial charge is 0.239 e. The molecule has 0 aliphatic heterocycles. The lowest BCUT2D eigenvalue weighted by molar-refractivity contribution is -0.116. The molecule has 1 N–H and O–H groups in total. The number of carbonyl (C=O) groups excluding carboxylic acids is 1. The molecule has 0 fully saturated rings. The Balaban J connectivity index is 2.71. The molecule has 1 aromatic carbocycles. The molecule has 1 amide bonds. The minimum absolute atomic E-state index is 0.122. The maximum atomic E-state index is 11.9. The minimum Gasteiger partial charge on any atom is -0.383 e. The van der Waals surface area contributed by atoms with Gasteiger partial charge in [0.2, 0.25) is 15.9 Å². The van der Waals surface area contributed by atoms with Gasteiger partial charge in [-0.25, -0.2) is 8.42 Å². The minimum atomic E-state index is -3.47. The van der Waals surface area contributed by atoms with Crippen molar-refractivity contribution in [3.05, 3.63) is 28.8 Å². The fourth-order valence-corrected chi connectivity index (χ4v) is 2.53. The highest BCUT2D eigenvalue weighted by atomic mass is 35.5. The maximum Gasteiger partial charge on any atom is 0.239 e. The summed E-state index contributed by atoms with van der Waals surface area (Å²) in [6.45, 7) is 1.92. The Bertz CT molecular complexity index is 604. The van der Waals surface area contributed by atoms with Crippen molar-refractivity contribution in [2.45, 2.75) is 6.92 Å². The number of nitrogens with zero attached hydrogens (tertiary/aromatic N) is 1. The van der Waals surface area contributed by atoms with Crippen LogP contribution in [0.5, 0.6) is 0 Å². The molecule has 0 spiro atoms. The van der Waals surface area contributed by atoms with Crippen LogP contribution in [0.1, 0.15) is 5.56 Å². The average Bonchev–Trinajstić information content (AvgIpc) is 2.37. The first kappa shape index (κ1) is 17.9. The number of methoxy groups -OCH3 is 1. The Morgan fingerprint density at radius 2 is 2.10 bits per heavy atom. The number of hydrogen-bond acceptors (Lipinski definition) is 4. The summed E-state index contributed by atoms with van der Waals surface area (Å²) in [6, 6.07) is 5.10. The third-order valence-corrected chi connectivity index (χ3v) is 4.45. The number of halogens is 1. The number of nitrogens with one attached hydrogen (secondary N) is 1. The first-order valence-electron chi connectivity index (χ1n) is 6.24. The molecule has 0 atom stereocenters. The molecule has 0 bridgehead atoms. The number of benzene rings is 1. The monoisotopic (exact) mass is 334 g/mol. The summed E-state index contributed by atoms with van der Waals surface area (Å²) in [5.41, 5.74) is 1.42. The van der Waals surface area contributed by atoms with E-state index in [2.05, 4.69) is 5.32 Å². The van der Waals surface area contributed by atoms with Gasteiger partial charge in [-0.15, -0.1) is 0 Å². The number of ether oxygens (including phenoxy) is 1. The van der Waals surface area contributed by atoms with E-state index in [-0.39, 0.29) is 19.7 Å². The lowest BCUT2D eigenvalue weighted by atomic mass is 10.2. The van der Waals surface area contributed by atoms with Crippen LogP contribution in [0.2, 0.25) is 5.02 Å². The van der Waals surface area contributed by atoms with Crippen LogP contribution in [0.25, 0.3) is 0 Å². The quantitative estimate of drug-likeness (QED) is 0.819. The first-order valence-corrected chi connectivity index (χ1v) is 8.46. The average molecular weight is 335 g/mol. The van der Waals surface area contributed by atoms with Crippen molar-refractivity contribution in [1.82, 2.24) is 4.31 Å². The molecule has 6 nitrogen and oxygen atoms in total. The van der Waals surface area contributed by atoms with Crippen LogP contribution in [0.15, 0.2) is 18.2 Å². The molecule has 0 aromatic heterocycles.